The molecule has 28 heavy (non-hydrogen) atoms. The van der Waals surface area contributed by atoms with Gasteiger partial charge in [-0.05, 0) is 34.6 Å². The fourth-order valence-electron chi connectivity index (χ4n) is 3.80. The van der Waals surface area contributed by atoms with Gasteiger partial charge in [0.2, 0.25) is 5.82 Å². The number of rotatable bonds is 3. The van der Waals surface area contributed by atoms with Crippen molar-refractivity contribution in [3.8, 4) is 0 Å². The third kappa shape index (κ3) is 2.68. The molecular formula is C21H19N6O+. The second kappa shape index (κ2) is 6.77. The Morgan fingerprint density at radius 3 is 2.96 bits per heavy atom. The lowest BCUT2D eigenvalue weighted by Gasteiger charge is -2.32. The number of nitrogens with zero attached hydrogens (tertiary/aromatic N) is 5. The summed E-state index contributed by atoms with van der Waals surface area (Å²) in [4.78, 5) is 14.9. The zero-order chi connectivity index (χ0) is 18.9. The SMILES string of the molecule is O=[N+]1CC=CC2=C1N(Cc1ccccc1)c1cnnn1C2C1=CC=CC=CN1. The van der Waals surface area contributed by atoms with E-state index in [-0.39, 0.29) is 6.04 Å². The average Bonchev–Trinajstić information content (AvgIpc) is 3.04. The number of anilines is 1. The van der Waals surface area contributed by atoms with E-state index in [1.54, 1.807) is 6.20 Å². The Kier molecular flexibility index (Phi) is 3.97. The van der Waals surface area contributed by atoms with E-state index >= 15 is 0 Å². The molecule has 4 heterocycles. The molecule has 0 fully saturated rings. The van der Waals surface area contributed by atoms with Crippen LogP contribution >= 0.6 is 0 Å². The molecule has 3 aliphatic heterocycles. The number of nitrogens with one attached hydrogen (secondary N) is 1. The number of allylic oxidation sites excluding steroid dienone is 6. The van der Waals surface area contributed by atoms with Gasteiger partial charge in [-0.2, -0.15) is 4.68 Å². The molecule has 1 aromatic carbocycles. The highest BCUT2D eigenvalue weighted by molar-refractivity contribution is 5.55. The average molecular weight is 371 g/mol. The van der Waals surface area contributed by atoms with Gasteiger partial charge in [-0.1, -0.05) is 52.6 Å². The van der Waals surface area contributed by atoms with Gasteiger partial charge < -0.3 is 5.32 Å². The highest BCUT2D eigenvalue weighted by Gasteiger charge is 2.44. The van der Waals surface area contributed by atoms with E-state index in [4.69, 9.17) is 0 Å². The topological polar surface area (TPSA) is 66.1 Å². The minimum Gasteiger partial charge on any atom is -0.363 e. The van der Waals surface area contributed by atoms with Crippen molar-refractivity contribution in [1.82, 2.24) is 20.3 Å². The molecular weight excluding hydrogens is 352 g/mol. The quantitative estimate of drug-likeness (QED) is 0.841. The molecule has 0 amide bonds. The van der Waals surface area contributed by atoms with E-state index < -0.39 is 0 Å². The minimum absolute atomic E-state index is 0.250. The van der Waals surface area contributed by atoms with E-state index in [1.165, 1.54) is 0 Å². The van der Waals surface area contributed by atoms with Gasteiger partial charge in [0, 0.05) is 11.9 Å². The first-order valence-corrected chi connectivity index (χ1v) is 9.20. The monoisotopic (exact) mass is 371 g/mol. The second-order valence-electron chi connectivity index (χ2n) is 6.76. The summed E-state index contributed by atoms with van der Waals surface area (Å²) in [5, 5.41) is 11.8. The van der Waals surface area contributed by atoms with Crippen molar-refractivity contribution in [2.45, 2.75) is 12.6 Å². The van der Waals surface area contributed by atoms with E-state index in [0.29, 0.717) is 18.9 Å². The summed E-state index contributed by atoms with van der Waals surface area (Å²) >= 11 is 0. The molecule has 0 bridgehead atoms. The summed E-state index contributed by atoms with van der Waals surface area (Å²) in [5.41, 5.74) is 2.95. The number of benzene rings is 1. The van der Waals surface area contributed by atoms with Crippen molar-refractivity contribution in [3.63, 3.8) is 0 Å². The van der Waals surface area contributed by atoms with E-state index in [1.807, 2.05) is 70.4 Å². The van der Waals surface area contributed by atoms with Crippen molar-refractivity contribution in [2.24, 2.45) is 0 Å². The maximum atomic E-state index is 12.9. The summed E-state index contributed by atoms with van der Waals surface area (Å²) in [6.45, 7) is 0.892. The van der Waals surface area contributed by atoms with Crippen molar-refractivity contribution in [2.75, 3.05) is 11.4 Å². The largest absolute Gasteiger partial charge is 0.363 e. The molecule has 138 valence electrons. The molecule has 7 nitrogen and oxygen atoms in total. The Bertz CT molecular complexity index is 1070. The zero-order valence-corrected chi connectivity index (χ0v) is 15.1. The summed E-state index contributed by atoms with van der Waals surface area (Å²) in [6.07, 6.45) is 15.4. The molecule has 0 saturated carbocycles. The highest BCUT2D eigenvalue weighted by Crippen LogP contribution is 2.40. The van der Waals surface area contributed by atoms with Crippen molar-refractivity contribution >= 4 is 5.82 Å². The molecule has 1 aromatic heterocycles. The van der Waals surface area contributed by atoms with Crippen LogP contribution in [-0.2, 0) is 6.54 Å². The van der Waals surface area contributed by atoms with Crippen LogP contribution in [0, 0.1) is 4.91 Å². The Morgan fingerprint density at radius 2 is 2.07 bits per heavy atom. The van der Waals surface area contributed by atoms with Crippen molar-refractivity contribution in [1.29, 1.82) is 0 Å². The molecule has 0 aliphatic carbocycles. The fraction of sp³-hybridized carbons (Fsp3) is 0.143. The van der Waals surface area contributed by atoms with Crippen LogP contribution in [0.15, 0.2) is 96.3 Å². The van der Waals surface area contributed by atoms with Crippen LogP contribution < -0.4 is 10.2 Å². The highest BCUT2D eigenvalue weighted by atomic mass is 16.3. The van der Waals surface area contributed by atoms with Crippen LogP contribution in [0.4, 0.5) is 5.82 Å². The Morgan fingerprint density at radius 1 is 1.18 bits per heavy atom. The molecule has 0 saturated heterocycles. The van der Waals surface area contributed by atoms with Crippen LogP contribution in [0.5, 0.6) is 0 Å². The molecule has 7 heteroatoms. The maximum absolute atomic E-state index is 12.9. The predicted molar refractivity (Wildman–Crippen MR) is 106 cm³/mol. The lowest BCUT2D eigenvalue weighted by atomic mass is 9.98. The van der Waals surface area contributed by atoms with E-state index in [0.717, 1.165) is 27.4 Å². The molecule has 0 spiro atoms. The van der Waals surface area contributed by atoms with Gasteiger partial charge in [-0.25, -0.2) is 4.90 Å². The molecule has 1 atom stereocenters. The number of hydrogen-bond acceptors (Lipinski definition) is 5. The van der Waals surface area contributed by atoms with Gasteiger partial charge in [-0.3, -0.25) is 0 Å². The molecule has 5 rings (SSSR count). The first-order valence-electron chi connectivity index (χ1n) is 9.20. The number of hydrogen-bond donors (Lipinski definition) is 1. The van der Waals surface area contributed by atoms with Gasteiger partial charge >= 0.3 is 5.82 Å². The summed E-state index contributed by atoms with van der Waals surface area (Å²) < 4.78 is 2.92. The van der Waals surface area contributed by atoms with Gasteiger partial charge in [0.25, 0.3) is 0 Å². The first-order chi connectivity index (χ1) is 13.8. The number of aromatic nitrogens is 3. The molecule has 2 aromatic rings. The van der Waals surface area contributed by atoms with E-state index in [9.17, 15) is 4.91 Å². The maximum Gasteiger partial charge on any atom is 0.328 e. The normalized spacial score (nSPS) is 20.4. The van der Waals surface area contributed by atoms with Crippen LogP contribution in [-0.4, -0.2) is 26.3 Å². The lowest BCUT2D eigenvalue weighted by Crippen LogP contribution is -2.40. The first kappa shape index (κ1) is 16.4. The third-order valence-electron chi connectivity index (χ3n) is 5.01. The number of nitroso groups, excluding NO2 is 1. The Hall–Kier alpha value is -3.74. The minimum atomic E-state index is -0.250. The van der Waals surface area contributed by atoms with E-state index in [2.05, 4.69) is 27.8 Å². The molecule has 1 N–H and O–H groups in total. The van der Waals surface area contributed by atoms with Gasteiger partial charge in [-0.15, -0.1) is 5.10 Å². The summed E-state index contributed by atoms with van der Waals surface area (Å²) in [5.74, 6) is 1.44. The standard InChI is InChI=1S/C21H19N6O/c28-26-13-7-10-17-20(18-11-5-2-6-12-22-18)27-19(14-23-24-27)25(21(17)26)15-16-8-3-1-4-9-16/h1-12,14,20,22H,13,15H2/q+1. The third-order valence-corrected chi connectivity index (χ3v) is 5.01. The Balaban J connectivity index is 1.67. The predicted octanol–water partition coefficient (Wildman–Crippen LogP) is 2.96. The summed E-state index contributed by atoms with van der Waals surface area (Å²) in [6, 6.07) is 9.85. The van der Waals surface area contributed by atoms with Crippen LogP contribution in [0.1, 0.15) is 11.6 Å². The molecule has 0 radical (unpaired) electrons. The number of fused-ring (bicyclic) bond motifs is 1. The van der Waals surface area contributed by atoms with Crippen LogP contribution in [0.25, 0.3) is 0 Å². The molecule has 1 unspecified atom stereocenters. The molecule has 3 aliphatic rings. The summed E-state index contributed by atoms with van der Waals surface area (Å²) in [7, 11) is 0. The van der Waals surface area contributed by atoms with Gasteiger partial charge in [0.05, 0.1) is 5.57 Å². The Labute approximate surface area is 162 Å². The van der Waals surface area contributed by atoms with Crippen molar-refractivity contribution < 1.29 is 4.76 Å². The fourth-order valence-corrected chi connectivity index (χ4v) is 3.80. The van der Waals surface area contributed by atoms with Gasteiger partial charge in [0.1, 0.15) is 18.8 Å². The lowest BCUT2D eigenvalue weighted by molar-refractivity contribution is -0.493. The van der Waals surface area contributed by atoms with Crippen LogP contribution in [0.3, 0.4) is 0 Å². The second-order valence-corrected chi connectivity index (χ2v) is 6.76. The van der Waals surface area contributed by atoms with Crippen LogP contribution in [0.2, 0.25) is 0 Å². The van der Waals surface area contributed by atoms with Crippen molar-refractivity contribution in [3.05, 3.63) is 107 Å². The zero-order valence-electron chi connectivity index (χ0n) is 15.1. The smallest absolute Gasteiger partial charge is 0.328 e. The van der Waals surface area contributed by atoms with Gasteiger partial charge in [0.15, 0.2) is 6.54 Å².